The molecule has 0 amide bonds. The lowest BCUT2D eigenvalue weighted by atomic mass is 9.85. The molecular formula is C11H21ClN2O2S. The van der Waals surface area contributed by atoms with Crippen LogP contribution in [0.25, 0.3) is 0 Å². The molecule has 0 radical (unpaired) electrons. The minimum absolute atomic E-state index is 0.256. The summed E-state index contributed by atoms with van der Waals surface area (Å²) >= 11 is 5.91. The summed E-state index contributed by atoms with van der Waals surface area (Å²) in [5.41, 5.74) is 0. The van der Waals surface area contributed by atoms with Gasteiger partial charge in [-0.05, 0) is 31.6 Å². The largest absolute Gasteiger partial charge is 0.281 e. The smallest absolute Gasteiger partial charge is 0.195 e. The Bertz CT molecular complexity index is 348. The van der Waals surface area contributed by atoms with Gasteiger partial charge in [-0.15, -0.1) is 11.6 Å². The number of piperidine rings is 1. The summed E-state index contributed by atoms with van der Waals surface area (Å²) in [7, 11) is -1.54. The molecule has 1 aliphatic heterocycles. The SMILES string of the molecule is CN(CC1CC(Cl)C1)S(=O)(=O)N1CCCCC1. The van der Waals surface area contributed by atoms with Gasteiger partial charge in [-0.2, -0.15) is 17.0 Å². The van der Waals surface area contributed by atoms with E-state index in [1.54, 1.807) is 11.4 Å². The van der Waals surface area contributed by atoms with E-state index in [9.17, 15) is 8.42 Å². The Morgan fingerprint density at radius 3 is 2.35 bits per heavy atom. The fraction of sp³-hybridized carbons (Fsp3) is 1.00. The van der Waals surface area contributed by atoms with Gasteiger partial charge in [0.25, 0.3) is 10.2 Å². The minimum Gasteiger partial charge on any atom is -0.195 e. The van der Waals surface area contributed by atoms with Gasteiger partial charge in [0.2, 0.25) is 0 Å². The maximum atomic E-state index is 12.3. The minimum atomic E-state index is -3.23. The van der Waals surface area contributed by atoms with Gasteiger partial charge in [-0.1, -0.05) is 6.42 Å². The standard InChI is InChI=1S/C11H21ClN2O2S/c1-13(9-10-7-11(12)8-10)17(15,16)14-5-3-2-4-6-14/h10-11H,2-9H2,1H3. The first kappa shape index (κ1) is 13.6. The molecule has 0 aromatic heterocycles. The highest BCUT2D eigenvalue weighted by Gasteiger charge is 2.33. The van der Waals surface area contributed by atoms with Crippen molar-refractivity contribution in [3.8, 4) is 0 Å². The topological polar surface area (TPSA) is 40.6 Å². The lowest BCUT2D eigenvalue weighted by Gasteiger charge is -2.36. The second-order valence-electron chi connectivity index (χ2n) is 5.18. The van der Waals surface area contributed by atoms with Gasteiger partial charge in [-0.25, -0.2) is 0 Å². The Morgan fingerprint density at radius 1 is 1.24 bits per heavy atom. The molecule has 0 N–H and O–H groups in total. The van der Waals surface area contributed by atoms with Crippen LogP contribution in [0.1, 0.15) is 32.1 Å². The maximum Gasteiger partial charge on any atom is 0.281 e. The number of hydrogen-bond acceptors (Lipinski definition) is 2. The van der Waals surface area contributed by atoms with Crippen LogP contribution in [0.4, 0.5) is 0 Å². The molecule has 6 heteroatoms. The van der Waals surface area contributed by atoms with Crippen LogP contribution in [-0.4, -0.2) is 49.1 Å². The van der Waals surface area contributed by atoms with Crippen molar-refractivity contribution in [3.05, 3.63) is 0 Å². The first-order valence-corrected chi connectivity index (χ1v) is 8.19. The molecule has 17 heavy (non-hydrogen) atoms. The van der Waals surface area contributed by atoms with Crippen LogP contribution >= 0.6 is 11.6 Å². The third-order valence-corrected chi connectivity index (χ3v) is 6.04. The van der Waals surface area contributed by atoms with E-state index in [1.807, 2.05) is 0 Å². The fourth-order valence-corrected chi connectivity index (χ4v) is 4.57. The third kappa shape index (κ3) is 3.13. The zero-order valence-electron chi connectivity index (χ0n) is 10.3. The predicted molar refractivity (Wildman–Crippen MR) is 69.3 cm³/mol. The van der Waals surface area contributed by atoms with Crippen molar-refractivity contribution in [2.75, 3.05) is 26.7 Å². The van der Waals surface area contributed by atoms with Crippen molar-refractivity contribution >= 4 is 21.8 Å². The molecule has 0 aromatic rings. The normalized spacial score (nSPS) is 31.5. The summed E-state index contributed by atoms with van der Waals surface area (Å²) in [4.78, 5) is 0. The zero-order chi connectivity index (χ0) is 12.5. The van der Waals surface area contributed by atoms with Gasteiger partial charge in [-0.3, -0.25) is 0 Å². The van der Waals surface area contributed by atoms with E-state index in [0.717, 1.165) is 32.1 Å². The van der Waals surface area contributed by atoms with Crippen LogP contribution in [0.2, 0.25) is 0 Å². The van der Waals surface area contributed by atoms with Crippen molar-refractivity contribution in [3.63, 3.8) is 0 Å². The van der Waals surface area contributed by atoms with E-state index in [-0.39, 0.29) is 5.38 Å². The quantitative estimate of drug-likeness (QED) is 0.735. The molecule has 0 atom stereocenters. The highest BCUT2D eigenvalue weighted by Crippen LogP contribution is 2.33. The Kier molecular flexibility index (Phi) is 4.34. The number of rotatable bonds is 4. The van der Waals surface area contributed by atoms with Gasteiger partial charge in [0, 0.05) is 32.1 Å². The number of alkyl halides is 1. The van der Waals surface area contributed by atoms with Crippen LogP contribution < -0.4 is 0 Å². The monoisotopic (exact) mass is 280 g/mol. The van der Waals surface area contributed by atoms with Crippen LogP contribution in [0, 0.1) is 5.92 Å². The molecule has 2 fully saturated rings. The highest BCUT2D eigenvalue weighted by atomic mass is 35.5. The van der Waals surface area contributed by atoms with E-state index >= 15 is 0 Å². The lowest BCUT2D eigenvalue weighted by molar-refractivity contribution is 0.250. The fourth-order valence-electron chi connectivity index (χ4n) is 2.55. The maximum absolute atomic E-state index is 12.3. The third-order valence-electron chi connectivity index (χ3n) is 3.73. The van der Waals surface area contributed by atoms with Crippen LogP contribution in [0.3, 0.4) is 0 Å². The molecule has 2 rings (SSSR count). The van der Waals surface area contributed by atoms with Crippen LogP contribution in [0.5, 0.6) is 0 Å². The average Bonchev–Trinajstić information content (AvgIpc) is 2.28. The molecule has 0 unspecified atom stereocenters. The second kappa shape index (κ2) is 5.43. The van der Waals surface area contributed by atoms with Gasteiger partial charge < -0.3 is 0 Å². The zero-order valence-corrected chi connectivity index (χ0v) is 11.9. The van der Waals surface area contributed by atoms with Crippen molar-refractivity contribution < 1.29 is 8.42 Å². The van der Waals surface area contributed by atoms with Crippen molar-refractivity contribution in [2.24, 2.45) is 5.92 Å². The summed E-state index contributed by atoms with van der Waals surface area (Å²) in [6.07, 6.45) is 5.01. The van der Waals surface area contributed by atoms with E-state index < -0.39 is 10.2 Å². The van der Waals surface area contributed by atoms with Crippen LogP contribution in [0.15, 0.2) is 0 Å². The number of hydrogen-bond donors (Lipinski definition) is 0. The molecule has 4 nitrogen and oxygen atoms in total. The summed E-state index contributed by atoms with van der Waals surface area (Å²) in [6.45, 7) is 1.97. The Balaban J connectivity index is 1.89. The predicted octanol–water partition coefficient (Wildman–Crippen LogP) is 1.67. The Hall–Kier alpha value is 0.160. The van der Waals surface area contributed by atoms with E-state index in [2.05, 4.69) is 0 Å². The summed E-state index contributed by atoms with van der Waals surface area (Å²) < 4.78 is 27.6. The van der Waals surface area contributed by atoms with Crippen molar-refractivity contribution in [1.82, 2.24) is 8.61 Å². The highest BCUT2D eigenvalue weighted by molar-refractivity contribution is 7.86. The Morgan fingerprint density at radius 2 is 1.82 bits per heavy atom. The van der Waals surface area contributed by atoms with E-state index in [4.69, 9.17) is 11.6 Å². The summed E-state index contributed by atoms with van der Waals surface area (Å²) in [5, 5.41) is 0.256. The van der Waals surface area contributed by atoms with Gasteiger partial charge in [0.05, 0.1) is 0 Å². The van der Waals surface area contributed by atoms with Crippen molar-refractivity contribution in [1.29, 1.82) is 0 Å². The average molecular weight is 281 g/mol. The molecule has 0 bridgehead atoms. The van der Waals surface area contributed by atoms with Gasteiger partial charge >= 0.3 is 0 Å². The summed E-state index contributed by atoms with van der Waals surface area (Å²) in [6, 6.07) is 0. The van der Waals surface area contributed by atoms with Gasteiger partial charge in [0.15, 0.2) is 0 Å². The van der Waals surface area contributed by atoms with Crippen LogP contribution in [-0.2, 0) is 10.2 Å². The molecule has 0 aromatic carbocycles. The summed E-state index contributed by atoms with van der Waals surface area (Å²) in [5.74, 6) is 0.446. The molecule has 100 valence electrons. The molecule has 1 saturated carbocycles. The molecular weight excluding hydrogens is 260 g/mol. The van der Waals surface area contributed by atoms with Gasteiger partial charge in [0.1, 0.15) is 0 Å². The molecule has 0 spiro atoms. The Labute approximate surface area is 109 Å². The number of nitrogens with zero attached hydrogens (tertiary/aromatic N) is 2. The second-order valence-corrected chi connectivity index (χ2v) is 7.84. The lowest BCUT2D eigenvalue weighted by Crippen LogP contribution is -2.47. The molecule has 1 heterocycles. The first-order chi connectivity index (χ1) is 8.00. The molecule has 1 aliphatic carbocycles. The first-order valence-electron chi connectivity index (χ1n) is 6.35. The number of halogens is 1. The molecule has 2 aliphatic rings. The van der Waals surface area contributed by atoms with E-state index in [1.165, 1.54) is 4.31 Å². The van der Waals surface area contributed by atoms with E-state index in [0.29, 0.717) is 25.6 Å². The van der Waals surface area contributed by atoms with Crippen molar-refractivity contribution in [2.45, 2.75) is 37.5 Å². The molecule has 1 saturated heterocycles.